The largest absolute Gasteiger partial charge is 0.457 e. The molecule has 2 atom stereocenters. The normalized spacial score (nSPS) is 17.9. The number of para-hydroxylation sites is 1. The van der Waals surface area contributed by atoms with E-state index in [-0.39, 0.29) is 12.1 Å². The van der Waals surface area contributed by atoms with Crippen molar-refractivity contribution in [2.24, 2.45) is 0 Å². The summed E-state index contributed by atoms with van der Waals surface area (Å²) in [6, 6.07) is 26.5. The molecule has 0 spiro atoms. The van der Waals surface area contributed by atoms with Crippen LogP contribution in [-0.2, 0) is 0 Å². The molecule has 4 nitrogen and oxygen atoms in total. The second kappa shape index (κ2) is 8.73. The molecule has 0 aliphatic carbocycles. The van der Waals surface area contributed by atoms with Gasteiger partial charge in [-0.3, -0.25) is 4.98 Å². The molecule has 1 fully saturated rings. The Hall–Kier alpha value is -3.22. The molecule has 0 unspecified atom stereocenters. The first-order chi connectivity index (χ1) is 15.6. The number of aryl methyl sites for hydroxylation is 2. The Bertz CT molecular complexity index is 1240. The van der Waals surface area contributed by atoms with E-state index in [4.69, 9.17) is 17.0 Å². The van der Waals surface area contributed by atoms with Gasteiger partial charge in [0.15, 0.2) is 5.11 Å². The minimum atomic E-state index is -0.0235. The summed E-state index contributed by atoms with van der Waals surface area (Å²) in [6.07, 6.45) is 1.83. The van der Waals surface area contributed by atoms with Gasteiger partial charge in [0.05, 0.1) is 17.8 Å². The third kappa shape index (κ3) is 3.99. The average Bonchev–Trinajstić information content (AvgIpc) is 3.39. The maximum atomic E-state index is 6.08. The van der Waals surface area contributed by atoms with E-state index in [0.29, 0.717) is 5.11 Å². The second-order valence-corrected chi connectivity index (χ2v) is 9.51. The van der Waals surface area contributed by atoms with Gasteiger partial charge in [-0.1, -0.05) is 24.3 Å². The number of hydrogen-bond acceptors (Lipinski definition) is 4. The highest BCUT2D eigenvalue weighted by molar-refractivity contribution is 7.80. The van der Waals surface area contributed by atoms with Crippen LogP contribution in [-0.4, -0.2) is 10.1 Å². The Kier molecular flexibility index (Phi) is 5.64. The predicted octanol–water partition coefficient (Wildman–Crippen LogP) is 6.73. The second-order valence-electron chi connectivity index (χ2n) is 7.81. The number of rotatable bonds is 5. The summed E-state index contributed by atoms with van der Waals surface area (Å²) in [6.45, 7) is 4.18. The van der Waals surface area contributed by atoms with Crippen molar-refractivity contribution in [1.29, 1.82) is 0 Å². The minimum Gasteiger partial charge on any atom is -0.457 e. The predicted molar refractivity (Wildman–Crippen MR) is 135 cm³/mol. The Labute approximate surface area is 197 Å². The van der Waals surface area contributed by atoms with E-state index in [2.05, 4.69) is 52.5 Å². The maximum Gasteiger partial charge on any atom is 0.174 e. The molecule has 3 heterocycles. The van der Waals surface area contributed by atoms with Crippen LogP contribution < -0.4 is 15.0 Å². The molecule has 1 saturated heterocycles. The zero-order valence-corrected chi connectivity index (χ0v) is 19.5. The van der Waals surface area contributed by atoms with E-state index in [9.17, 15) is 0 Å². The molecule has 32 heavy (non-hydrogen) atoms. The average molecular weight is 458 g/mol. The monoisotopic (exact) mass is 457 g/mol. The van der Waals surface area contributed by atoms with Gasteiger partial charge in [0.2, 0.25) is 0 Å². The number of benzene rings is 2. The molecule has 4 aromatic rings. The van der Waals surface area contributed by atoms with Crippen molar-refractivity contribution in [1.82, 2.24) is 10.3 Å². The van der Waals surface area contributed by atoms with Gasteiger partial charge in [-0.15, -0.1) is 11.3 Å². The number of nitrogens with zero attached hydrogens (tertiary/aromatic N) is 2. The molecule has 6 heteroatoms. The van der Waals surface area contributed by atoms with Crippen LogP contribution in [0.15, 0.2) is 85.1 Å². The Morgan fingerprint density at radius 1 is 0.938 bits per heavy atom. The van der Waals surface area contributed by atoms with Crippen LogP contribution in [0.5, 0.6) is 11.5 Å². The topological polar surface area (TPSA) is 37.4 Å². The van der Waals surface area contributed by atoms with Gasteiger partial charge in [0, 0.05) is 21.6 Å². The molecule has 1 aliphatic rings. The first kappa shape index (κ1) is 20.7. The Morgan fingerprint density at radius 3 is 2.41 bits per heavy atom. The quantitative estimate of drug-likeness (QED) is 0.336. The fourth-order valence-electron chi connectivity index (χ4n) is 4.01. The van der Waals surface area contributed by atoms with Crippen molar-refractivity contribution in [2.75, 3.05) is 4.90 Å². The third-order valence-electron chi connectivity index (χ3n) is 5.59. The van der Waals surface area contributed by atoms with Gasteiger partial charge in [-0.05, 0) is 86.2 Å². The lowest BCUT2D eigenvalue weighted by molar-refractivity contribution is 0.479. The van der Waals surface area contributed by atoms with Crippen LogP contribution >= 0.6 is 23.6 Å². The number of hydrogen-bond donors (Lipinski definition) is 1. The molecule has 5 rings (SSSR count). The first-order valence-electron chi connectivity index (χ1n) is 10.5. The zero-order chi connectivity index (χ0) is 22.1. The number of pyridine rings is 1. The van der Waals surface area contributed by atoms with Crippen molar-refractivity contribution in [3.8, 4) is 11.5 Å². The molecule has 0 bridgehead atoms. The summed E-state index contributed by atoms with van der Waals surface area (Å²) in [7, 11) is 0. The Balaban J connectivity index is 1.48. The number of thiophene rings is 1. The van der Waals surface area contributed by atoms with Gasteiger partial charge in [0.25, 0.3) is 0 Å². The number of nitrogens with one attached hydrogen (secondary N) is 1. The molecule has 0 amide bonds. The van der Waals surface area contributed by atoms with Crippen LogP contribution in [0.1, 0.15) is 33.1 Å². The first-order valence-corrected chi connectivity index (χ1v) is 11.7. The Morgan fingerprint density at radius 2 is 1.72 bits per heavy atom. The van der Waals surface area contributed by atoms with Gasteiger partial charge < -0.3 is 15.0 Å². The summed E-state index contributed by atoms with van der Waals surface area (Å²) >= 11 is 7.60. The van der Waals surface area contributed by atoms with Crippen LogP contribution in [0.4, 0.5) is 5.69 Å². The smallest absolute Gasteiger partial charge is 0.174 e. The molecule has 2 aromatic carbocycles. The fourth-order valence-corrected chi connectivity index (χ4v) is 5.36. The van der Waals surface area contributed by atoms with Crippen molar-refractivity contribution in [2.45, 2.75) is 25.9 Å². The SMILES string of the molecule is Cc1ccc([C@H]2[C@@H](c3ccccn3)NC(=S)N2c2ccc(Oc3ccccc3C)cc2)s1. The van der Waals surface area contributed by atoms with Crippen molar-refractivity contribution in [3.63, 3.8) is 0 Å². The standard InChI is InChI=1S/C26H23N3OS2/c1-17-7-3-4-9-22(17)30-20-13-11-19(12-14-20)29-25(23-15-10-18(2)32-23)24(28-26(29)31)21-8-5-6-16-27-21/h3-16,24-25H,1-2H3,(H,28,31)/t24-,25+/m1/s1. The van der Waals surface area contributed by atoms with E-state index >= 15 is 0 Å². The lowest BCUT2D eigenvalue weighted by Crippen LogP contribution is -2.28. The number of aromatic nitrogens is 1. The molecule has 1 aliphatic heterocycles. The molecule has 0 radical (unpaired) electrons. The van der Waals surface area contributed by atoms with Gasteiger partial charge in [-0.2, -0.15) is 0 Å². The summed E-state index contributed by atoms with van der Waals surface area (Å²) in [5, 5.41) is 4.21. The molecule has 2 aromatic heterocycles. The number of anilines is 1. The molecule has 0 saturated carbocycles. The molecular weight excluding hydrogens is 434 g/mol. The van der Waals surface area contributed by atoms with E-state index in [1.165, 1.54) is 9.75 Å². The van der Waals surface area contributed by atoms with E-state index in [1.807, 2.05) is 61.7 Å². The highest BCUT2D eigenvalue weighted by atomic mass is 32.1. The lowest BCUT2D eigenvalue weighted by atomic mass is 10.0. The maximum absolute atomic E-state index is 6.08. The van der Waals surface area contributed by atoms with Crippen LogP contribution in [0.2, 0.25) is 0 Å². The third-order valence-corrected chi connectivity index (χ3v) is 6.97. The van der Waals surface area contributed by atoms with E-state index in [1.54, 1.807) is 11.3 Å². The molecule has 1 N–H and O–H groups in total. The van der Waals surface area contributed by atoms with Crippen molar-refractivity contribution < 1.29 is 4.74 Å². The van der Waals surface area contributed by atoms with Crippen molar-refractivity contribution >= 4 is 34.4 Å². The summed E-state index contributed by atoms with van der Waals surface area (Å²) in [5.41, 5.74) is 3.11. The summed E-state index contributed by atoms with van der Waals surface area (Å²) in [4.78, 5) is 9.34. The summed E-state index contributed by atoms with van der Waals surface area (Å²) in [5.74, 6) is 1.66. The van der Waals surface area contributed by atoms with E-state index < -0.39 is 0 Å². The van der Waals surface area contributed by atoms with Crippen LogP contribution in [0.3, 0.4) is 0 Å². The molecule has 160 valence electrons. The summed E-state index contributed by atoms with van der Waals surface area (Å²) < 4.78 is 6.08. The minimum absolute atomic E-state index is 0.0235. The fraction of sp³-hybridized carbons (Fsp3) is 0.154. The van der Waals surface area contributed by atoms with Crippen LogP contribution in [0, 0.1) is 13.8 Å². The van der Waals surface area contributed by atoms with Gasteiger partial charge in [-0.25, -0.2) is 0 Å². The highest BCUT2D eigenvalue weighted by Crippen LogP contribution is 2.44. The van der Waals surface area contributed by atoms with Gasteiger partial charge in [0.1, 0.15) is 11.5 Å². The van der Waals surface area contributed by atoms with Crippen molar-refractivity contribution in [3.05, 3.63) is 106 Å². The highest BCUT2D eigenvalue weighted by Gasteiger charge is 2.41. The van der Waals surface area contributed by atoms with E-state index in [0.717, 1.165) is 28.4 Å². The van der Waals surface area contributed by atoms with Gasteiger partial charge >= 0.3 is 0 Å². The zero-order valence-electron chi connectivity index (χ0n) is 17.9. The lowest BCUT2D eigenvalue weighted by Gasteiger charge is -2.27. The molecular formula is C26H23N3OS2. The van der Waals surface area contributed by atoms with Crippen LogP contribution in [0.25, 0.3) is 0 Å². The number of thiocarbonyl (C=S) groups is 1. The number of ether oxygens (including phenoxy) is 1.